The van der Waals surface area contributed by atoms with E-state index >= 15 is 0 Å². The summed E-state index contributed by atoms with van der Waals surface area (Å²) in [6.07, 6.45) is 0. The molecule has 1 fully saturated rings. The fourth-order valence-electron chi connectivity index (χ4n) is 3.75. The van der Waals surface area contributed by atoms with Crippen LogP contribution in [0.3, 0.4) is 0 Å². The Morgan fingerprint density at radius 3 is 2.42 bits per heavy atom. The molecule has 2 N–H and O–H groups in total. The van der Waals surface area contributed by atoms with Crippen molar-refractivity contribution in [2.75, 3.05) is 42.9 Å². The fourth-order valence-corrected chi connectivity index (χ4v) is 5.54. The van der Waals surface area contributed by atoms with Crippen molar-refractivity contribution in [3.63, 3.8) is 0 Å². The van der Waals surface area contributed by atoms with Gasteiger partial charge in [0.2, 0.25) is 10.0 Å². The summed E-state index contributed by atoms with van der Waals surface area (Å²) < 4.78 is 27.9. The standard InChI is InChI=1S/C24H28N4O3S2/c1-2-27-12-14-28(15-13-27)21-10-8-20(9-11-21)26-24(29)19-5-3-7-23(17-19)33(30,31)25-18-22-6-4-16-32-22/h3-11,16-17,25H,2,12-15,18H2,1H3,(H,26,29). The van der Waals surface area contributed by atoms with E-state index in [1.165, 1.54) is 23.5 Å². The summed E-state index contributed by atoms with van der Waals surface area (Å²) in [6, 6.07) is 17.6. The summed E-state index contributed by atoms with van der Waals surface area (Å²) in [5.74, 6) is -0.352. The topological polar surface area (TPSA) is 81.8 Å². The number of thiophene rings is 1. The average Bonchev–Trinajstić information content (AvgIpc) is 3.37. The van der Waals surface area contributed by atoms with Crippen LogP contribution in [0.5, 0.6) is 0 Å². The van der Waals surface area contributed by atoms with Crippen LogP contribution in [0.2, 0.25) is 0 Å². The van der Waals surface area contributed by atoms with Crippen molar-refractivity contribution in [3.8, 4) is 0 Å². The van der Waals surface area contributed by atoms with Crippen LogP contribution in [0.25, 0.3) is 0 Å². The number of amides is 1. The number of likely N-dealkylation sites (N-methyl/N-ethyl adjacent to an activating group) is 1. The zero-order valence-electron chi connectivity index (χ0n) is 18.5. The van der Waals surface area contributed by atoms with Crippen molar-refractivity contribution in [1.82, 2.24) is 9.62 Å². The first kappa shape index (κ1) is 23.4. The highest BCUT2D eigenvalue weighted by Gasteiger charge is 2.18. The third-order valence-electron chi connectivity index (χ3n) is 5.73. The van der Waals surface area contributed by atoms with Gasteiger partial charge in [0, 0.05) is 54.5 Å². The zero-order valence-corrected chi connectivity index (χ0v) is 20.2. The monoisotopic (exact) mass is 484 g/mol. The molecule has 174 valence electrons. The summed E-state index contributed by atoms with van der Waals surface area (Å²) in [6.45, 7) is 7.55. The molecule has 1 aliphatic heterocycles. The summed E-state index contributed by atoms with van der Waals surface area (Å²) >= 11 is 1.48. The Hall–Kier alpha value is -2.72. The molecule has 1 aliphatic rings. The smallest absolute Gasteiger partial charge is 0.255 e. The van der Waals surface area contributed by atoms with Gasteiger partial charge in [0.15, 0.2) is 0 Å². The number of anilines is 2. The summed E-state index contributed by atoms with van der Waals surface area (Å²) in [5, 5.41) is 4.75. The number of rotatable bonds is 8. The predicted molar refractivity (Wildman–Crippen MR) is 134 cm³/mol. The van der Waals surface area contributed by atoms with Gasteiger partial charge >= 0.3 is 0 Å². The van der Waals surface area contributed by atoms with Gasteiger partial charge in [-0.25, -0.2) is 13.1 Å². The van der Waals surface area contributed by atoms with Crippen molar-refractivity contribution in [2.24, 2.45) is 0 Å². The Morgan fingerprint density at radius 2 is 1.76 bits per heavy atom. The number of sulfonamides is 1. The van der Waals surface area contributed by atoms with Gasteiger partial charge in [0.1, 0.15) is 0 Å². The van der Waals surface area contributed by atoms with Gasteiger partial charge in [-0.3, -0.25) is 4.79 Å². The maximum Gasteiger partial charge on any atom is 0.255 e. The number of nitrogens with zero attached hydrogens (tertiary/aromatic N) is 2. The van der Waals surface area contributed by atoms with Crippen LogP contribution < -0.4 is 14.9 Å². The molecule has 2 aromatic carbocycles. The first-order chi connectivity index (χ1) is 15.9. The van der Waals surface area contributed by atoms with Crippen LogP contribution in [-0.2, 0) is 16.6 Å². The minimum Gasteiger partial charge on any atom is -0.369 e. The third-order valence-corrected chi connectivity index (χ3v) is 8.01. The van der Waals surface area contributed by atoms with E-state index in [1.807, 2.05) is 41.8 Å². The maximum atomic E-state index is 12.8. The average molecular weight is 485 g/mol. The molecule has 1 aromatic heterocycles. The van der Waals surface area contributed by atoms with Crippen molar-refractivity contribution in [3.05, 3.63) is 76.5 Å². The normalized spacial score (nSPS) is 14.9. The number of carbonyl (C=O) groups is 1. The zero-order chi connectivity index (χ0) is 23.3. The van der Waals surface area contributed by atoms with Crippen LogP contribution in [0, 0.1) is 0 Å². The molecule has 0 radical (unpaired) electrons. The molecule has 2 heterocycles. The van der Waals surface area contributed by atoms with Gasteiger partial charge in [-0.05, 0) is 60.5 Å². The molecule has 3 aromatic rings. The van der Waals surface area contributed by atoms with Crippen molar-refractivity contribution in [2.45, 2.75) is 18.4 Å². The Labute approximate surface area is 199 Å². The van der Waals surface area contributed by atoms with E-state index in [9.17, 15) is 13.2 Å². The number of hydrogen-bond donors (Lipinski definition) is 2. The van der Waals surface area contributed by atoms with Gasteiger partial charge < -0.3 is 15.1 Å². The molecule has 0 atom stereocenters. The number of nitrogens with one attached hydrogen (secondary N) is 2. The van der Waals surface area contributed by atoms with Crippen LogP contribution in [-0.4, -0.2) is 51.9 Å². The molecule has 0 aliphatic carbocycles. The van der Waals surface area contributed by atoms with Gasteiger partial charge in [-0.2, -0.15) is 0 Å². The lowest BCUT2D eigenvalue weighted by Gasteiger charge is -2.35. The third kappa shape index (κ3) is 6.00. The molecular weight excluding hydrogens is 456 g/mol. The Kier molecular flexibility index (Phi) is 7.44. The lowest BCUT2D eigenvalue weighted by Crippen LogP contribution is -2.46. The maximum absolute atomic E-state index is 12.8. The highest BCUT2D eigenvalue weighted by molar-refractivity contribution is 7.89. The second kappa shape index (κ2) is 10.5. The highest BCUT2D eigenvalue weighted by Crippen LogP contribution is 2.21. The van der Waals surface area contributed by atoms with E-state index in [1.54, 1.807) is 12.1 Å². The molecule has 33 heavy (non-hydrogen) atoms. The van der Waals surface area contributed by atoms with Gasteiger partial charge in [-0.15, -0.1) is 11.3 Å². The van der Waals surface area contributed by atoms with E-state index in [2.05, 4.69) is 26.8 Å². The number of benzene rings is 2. The van der Waals surface area contributed by atoms with E-state index in [4.69, 9.17) is 0 Å². The Bertz CT molecular complexity index is 1170. The quantitative estimate of drug-likeness (QED) is 0.510. The molecule has 0 saturated carbocycles. The molecular formula is C24H28N4O3S2. The lowest BCUT2D eigenvalue weighted by molar-refractivity contribution is 0.102. The Balaban J connectivity index is 1.38. The van der Waals surface area contributed by atoms with Crippen LogP contribution in [0.1, 0.15) is 22.2 Å². The van der Waals surface area contributed by atoms with Gasteiger partial charge in [0.05, 0.1) is 4.90 Å². The lowest BCUT2D eigenvalue weighted by atomic mass is 10.2. The number of piperazine rings is 1. The van der Waals surface area contributed by atoms with Crippen LogP contribution in [0.4, 0.5) is 11.4 Å². The second-order valence-corrected chi connectivity index (χ2v) is 10.7. The fraction of sp³-hybridized carbons (Fsp3) is 0.292. The minimum atomic E-state index is -3.72. The second-order valence-electron chi connectivity index (χ2n) is 7.85. The molecule has 1 saturated heterocycles. The van der Waals surface area contributed by atoms with Crippen molar-refractivity contribution < 1.29 is 13.2 Å². The first-order valence-corrected chi connectivity index (χ1v) is 13.3. The first-order valence-electron chi connectivity index (χ1n) is 11.0. The van der Waals surface area contributed by atoms with Gasteiger partial charge in [0.25, 0.3) is 5.91 Å². The highest BCUT2D eigenvalue weighted by atomic mass is 32.2. The minimum absolute atomic E-state index is 0.0632. The van der Waals surface area contributed by atoms with E-state index < -0.39 is 10.0 Å². The summed E-state index contributed by atoms with van der Waals surface area (Å²) in [7, 11) is -3.72. The SMILES string of the molecule is CCN1CCN(c2ccc(NC(=O)c3cccc(S(=O)(=O)NCc4cccs4)c3)cc2)CC1. The molecule has 7 nitrogen and oxygen atoms in total. The predicted octanol–water partition coefficient (Wildman–Crippen LogP) is 3.62. The Morgan fingerprint density at radius 1 is 1.00 bits per heavy atom. The molecule has 0 spiro atoms. The number of carbonyl (C=O) groups excluding carboxylic acids is 1. The van der Waals surface area contributed by atoms with Crippen molar-refractivity contribution >= 4 is 38.6 Å². The van der Waals surface area contributed by atoms with E-state index in [0.29, 0.717) is 5.69 Å². The molecule has 1 amide bonds. The van der Waals surface area contributed by atoms with Crippen LogP contribution >= 0.6 is 11.3 Å². The summed E-state index contributed by atoms with van der Waals surface area (Å²) in [5.41, 5.74) is 2.09. The molecule has 9 heteroatoms. The summed E-state index contributed by atoms with van der Waals surface area (Å²) in [4.78, 5) is 18.5. The van der Waals surface area contributed by atoms with Crippen molar-refractivity contribution in [1.29, 1.82) is 0 Å². The van der Waals surface area contributed by atoms with Crippen LogP contribution in [0.15, 0.2) is 70.9 Å². The molecule has 0 bridgehead atoms. The van der Waals surface area contributed by atoms with E-state index in [0.717, 1.165) is 43.3 Å². The molecule has 0 unspecified atom stereocenters. The largest absolute Gasteiger partial charge is 0.369 e. The van der Waals surface area contributed by atoms with Gasteiger partial charge in [-0.1, -0.05) is 19.1 Å². The number of hydrogen-bond acceptors (Lipinski definition) is 6. The van der Waals surface area contributed by atoms with E-state index in [-0.39, 0.29) is 22.9 Å². The molecule has 4 rings (SSSR count).